The van der Waals surface area contributed by atoms with Crippen LogP contribution >= 0.6 is 0 Å². The molecule has 1 aliphatic rings. The van der Waals surface area contributed by atoms with Crippen molar-refractivity contribution in [3.63, 3.8) is 0 Å². The number of hydrogen-bond acceptors (Lipinski definition) is 8. The van der Waals surface area contributed by atoms with E-state index in [1.165, 1.54) is 38.6 Å². The number of carbonyl (C=O) groups is 2. The van der Waals surface area contributed by atoms with Gasteiger partial charge in [0.2, 0.25) is 11.5 Å². The second kappa shape index (κ2) is 10.4. The summed E-state index contributed by atoms with van der Waals surface area (Å²) in [6, 6.07) is 5.48. The number of furan rings is 1. The van der Waals surface area contributed by atoms with Gasteiger partial charge in [-0.25, -0.2) is 0 Å². The maximum absolute atomic E-state index is 13.2. The first kappa shape index (κ1) is 24.2. The van der Waals surface area contributed by atoms with Crippen molar-refractivity contribution in [1.82, 2.24) is 4.90 Å². The zero-order valence-electron chi connectivity index (χ0n) is 19.4. The van der Waals surface area contributed by atoms with Gasteiger partial charge in [-0.05, 0) is 50.1 Å². The Hall–Kier alpha value is -3.46. The zero-order chi connectivity index (χ0) is 24.1. The fourth-order valence-corrected chi connectivity index (χ4v) is 3.82. The third kappa shape index (κ3) is 4.83. The van der Waals surface area contributed by atoms with Crippen molar-refractivity contribution < 1.29 is 38.1 Å². The molecule has 0 saturated heterocycles. The lowest BCUT2D eigenvalue weighted by Gasteiger charge is -2.28. The van der Waals surface area contributed by atoms with Gasteiger partial charge in [0, 0.05) is 13.2 Å². The van der Waals surface area contributed by atoms with Gasteiger partial charge in [0.25, 0.3) is 5.91 Å². The van der Waals surface area contributed by atoms with Gasteiger partial charge in [-0.2, -0.15) is 0 Å². The summed E-state index contributed by atoms with van der Waals surface area (Å²) in [6.45, 7) is 4.53. The number of rotatable bonds is 11. The Kier molecular flexibility index (Phi) is 7.65. The highest BCUT2D eigenvalue weighted by molar-refractivity contribution is 6.15. The predicted octanol–water partition coefficient (Wildman–Crippen LogP) is 3.70. The molecule has 9 nitrogen and oxygen atoms in total. The van der Waals surface area contributed by atoms with Crippen LogP contribution < -0.4 is 14.2 Å². The number of aliphatic hydroxyl groups excluding tert-OH is 1. The number of benzene rings is 1. The maximum atomic E-state index is 13.2. The number of ether oxygens (including phenoxy) is 4. The van der Waals surface area contributed by atoms with E-state index < -0.39 is 23.5 Å². The molecule has 0 fully saturated rings. The molecule has 0 spiro atoms. The Morgan fingerprint density at radius 2 is 1.82 bits per heavy atom. The van der Waals surface area contributed by atoms with Crippen LogP contribution in [0.1, 0.15) is 42.4 Å². The number of ketones is 1. The van der Waals surface area contributed by atoms with E-state index >= 15 is 0 Å². The average molecular weight is 459 g/mol. The SMILES string of the molecule is COc1cc(C2C(C(=O)c3ccco3)=C(O)C(=O)N2CCCOC(C)C)cc(OC)c1OC. The van der Waals surface area contributed by atoms with E-state index in [1.807, 2.05) is 13.8 Å². The van der Waals surface area contributed by atoms with Crippen LogP contribution in [-0.2, 0) is 9.53 Å². The standard InChI is InChI=1S/C24H29NO8/c1-14(2)32-11-7-9-25-20(15-12-17(29-3)23(31-5)18(13-15)30-4)19(22(27)24(25)28)21(26)16-8-6-10-33-16/h6,8,10,12-14,20,27H,7,9,11H2,1-5H3. The molecule has 2 aromatic rings. The van der Waals surface area contributed by atoms with Gasteiger partial charge in [-0.15, -0.1) is 0 Å². The lowest BCUT2D eigenvalue weighted by atomic mass is 9.94. The molecule has 1 atom stereocenters. The largest absolute Gasteiger partial charge is 0.503 e. The molecule has 33 heavy (non-hydrogen) atoms. The number of aliphatic hydroxyl groups is 1. The van der Waals surface area contributed by atoms with Crippen LogP contribution in [0.3, 0.4) is 0 Å². The molecule has 1 aromatic carbocycles. The Bertz CT molecular complexity index is 1000. The molecule has 178 valence electrons. The second-order valence-corrected chi connectivity index (χ2v) is 7.70. The lowest BCUT2D eigenvalue weighted by Crippen LogP contribution is -2.32. The third-order valence-corrected chi connectivity index (χ3v) is 5.29. The highest BCUT2D eigenvalue weighted by atomic mass is 16.5. The van der Waals surface area contributed by atoms with E-state index in [9.17, 15) is 14.7 Å². The topological polar surface area (TPSA) is 108 Å². The number of Topliss-reactive ketones (excluding diaryl/α,β-unsaturated/α-hetero) is 1. The molecule has 1 aliphatic heterocycles. The van der Waals surface area contributed by atoms with Crippen molar-refractivity contribution in [3.05, 3.63) is 53.2 Å². The molecule has 0 saturated carbocycles. The van der Waals surface area contributed by atoms with E-state index in [0.29, 0.717) is 35.8 Å². The maximum Gasteiger partial charge on any atom is 0.290 e. The summed E-state index contributed by atoms with van der Waals surface area (Å²) in [5.41, 5.74) is 0.440. The van der Waals surface area contributed by atoms with Gasteiger partial charge >= 0.3 is 0 Å². The monoisotopic (exact) mass is 459 g/mol. The summed E-state index contributed by atoms with van der Waals surface area (Å²) >= 11 is 0. The summed E-state index contributed by atoms with van der Waals surface area (Å²) in [6.07, 6.45) is 1.92. The van der Waals surface area contributed by atoms with Crippen molar-refractivity contribution >= 4 is 11.7 Å². The van der Waals surface area contributed by atoms with Crippen LogP contribution in [0.25, 0.3) is 0 Å². The van der Waals surface area contributed by atoms with Crippen molar-refractivity contribution in [2.75, 3.05) is 34.5 Å². The van der Waals surface area contributed by atoms with E-state index in [4.69, 9.17) is 23.4 Å². The van der Waals surface area contributed by atoms with Gasteiger partial charge in [0.05, 0.1) is 45.3 Å². The number of carbonyl (C=O) groups excluding carboxylic acids is 2. The highest BCUT2D eigenvalue weighted by Crippen LogP contribution is 2.45. The van der Waals surface area contributed by atoms with Gasteiger partial charge in [-0.1, -0.05) is 0 Å². The summed E-state index contributed by atoms with van der Waals surface area (Å²) < 4.78 is 27.1. The third-order valence-electron chi connectivity index (χ3n) is 5.29. The number of nitrogens with zero attached hydrogens (tertiary/aromatic N) is 1. The summed E-state index contributed by atoms with van der Waals surface area (Å²) in [5, 5.41) is 10.7. The molecule has 0 bridgehead atoms. The lowest BCUT2D eigenvalue weighted by molar-refractivity contribution is -0.129. The molecule has 0 radical (unpaired) electrons. The predicted molar refractivity (Wildman–Crippen MR) is 119 cm³/mol. The van der Waals surface area contributed by atoms with Crippen molar-refractivity contribution in [1.29, 1.82) is 0 Å². The average Bonchev–Trinajstić information content (AvgIpc) is 3.43. The minimum absolute atomic E-state index is 0.0202. The Morgan fingerprint density at radius 1 is 1.15 bits per heavy atom. The van der Waals surface area contributed by atoms with Crippen LogP contribution in [0.5, 0.6) is 17.2 Å². The minimum Gasteiger partial charge on any atom is -0.503 e. The van der Waals surface area contributed by atoms with E-state index in [2.05, 4.69) is 0 Å². The molecule has 0 aliphatic carbocycles. The second-order valence-electron chi connectivity index (χ2n) is 7.70. The van der Waals surface area contributed by atoms with Crippen LogP contribution in [0.15, 0.2) is 46.3 Å². The van der Waals surface area contributed by atoms with Crippen LogP contribution in [-0.4, -0.2) is 62.3 Å². The van der Waals surface area contributed by atoms with Crippen molar-refractivity contribution in [2.45, 2.75) is 32.4 Å². The van der Waals surface area contributed by atoms with Crippen molar-refractivity contribution in [3.8, 4) is 17.2 Å². The van der Waals surface area contributed by atoms with Gasteiger partial charge in [-0.3, -0.25) is 9.59 Å². The fourth-order valence-electron chi connectivity index (χ4n) is 3.82. The molecule has 9 heteroatoms. The normalized spacial score (nSPS) is 16.0. The molecular formula is C24H29NO8. The zero-order valence-corrected chi connectivity index (χ0v) is 19.4. The Balaban J connectivity index is 2.08. The molecule has 1 amide bonds. The van der Waals surface area contributed by atoms with Gasteiger partial charge in [0.1, 0.15) is 0 Å². The molecule has 1 N–H and O–H groups in total. The number of hydrogen-bond donors (Lipinski definition) is 1. The smallest absolute Gasteiger partial charge is 0.290 e. The fraction of sp³-hybridized carbons (Fsp3) is 0.417. The number of amides is 1. The first-order valence-corrected chi connectivity index (χ1v) is 10.6. The minimum atomic E-state index is -0.886. The van der Waals surface area contributed by atoms with Crippen LogP contribution in [0, 0.1) is 0 Å². The van der Waals surface area contributed by atoms with E-state index in [-0.39, 0.29) is 24.0 Å². The van der Waals surface area contributed by atoms with Gasteiger partial charge < -0.3 is 33.4 Å². The highest BCUT2D eigenvalue weighted by Gasteiger charge is 2.44. The first-order chi connectivity index (χ1) is 15.8. The summed E-state index contributed by atoms with van der Waals surface area (Å²) in [4.78, 5) is 27.7. The van der Waals surface area contributed by atoms with E-state index in [0.717, 1.165) is 0 Å². The summed E-state index contributed by atoms with van der Waals surface area (Å²) in [5.74, 6) is -0.723. The Labute approximate surface area is 192 Å². The molecule has 1 aromatic heterocycles. The number of methoxy groups -OCH3 is 3. The van der Waals surface area contributed by atoms with Crippen LogP contribution in [0.4, 0.5) is 0 Å². The quantitative estimate of drug-likeness (QED) is 0.400. The summed E-state index contributed by atoms with van der Waals surface area (Å²) in [7, 11) is 4.44. The molecular weight excluding hydrogens is 430 g/mol. The molecule has 2 heterocycles. The van der Waals surface area contributed by atoms with Crippen LogP contribution in [0.2, 0.25) is 0 Å². The van der Waals surface area contributed by atoms with E-state index in [1.54, 1.807) is 18.2 Å². The molecule has 1 unspecified atom stereocenters. The molecule has 3 rings (SSSR count). The van der Waals surface area contributed by atoms with Gasteiger partial charge in [0.15, 0.2) is 23.0 Å². The first-order valence-electron chi connectivity index (χ1n) is 10.6. The Morgan fingerprint density at radius 3 is 2.33 bits per heavy atom. The van der Waals surface area contributed by atoms with Crippen molar-refractivity contribution in [2.24, 2.45) is 0 Å².